The van der Waals surface area contributed by atoms with Gasteiger partial charge in [0.05, 0.1) is 12.2 Å². The fraction of sp³-hybridized carbons (Fsp3) is 0.533. The number of hydrogen-bond acceptors (Lipinski definition) is 3. The lowest BCUT2D eigenvalue weighted by atomic mass is 10.1. The Balaban J connectivity index is 2.52. The van der Waals surface area contributed by atoms with Gasteiger partial charge in [-0.25, -0.2) is 4.79 Å². The number of methoxy groups -OCH3 is 1. The molecule has 1 aromatic rings. The predicted molar refractivity (Wildman–Crippen MR) is 71.6 cm³/mol. The van der Waals surface area contributed by atoms with E-state index in [2.05, 4.69) is 13.8 Å². The van der Waals surface area contributed by atoms with Crippen LogP contribution in [0.1, 0.15) is 37.0 Å². The van der Waals surface area contributed by atoms with Gasteiger partial charge in [0.2, 0.25) is 0 Å². The normalized spacial score (nSPS) is 12.4. The van der Waals surface area contributed by atoms with E-state index in [1.165, 1.54) is 0 Å². The third-order valence-electron chi connectivity index (χ3n) is 2.70. The van der Waals surface area contributed by atoms with E-state index in [0.29, 0.717) is 18.1 Å². The monoisotopic (exact) mass is 250 g/mol. The van der Waals surface area contributed by atoms with Gasteiger partial charge in [0.15, 0.2) is 0 Å². The predicted octanol–water partition coefficient (Wildman–Crippen LogP) is 3.29. The highest BCUT2D eigenvalue weighted by Crippen LogP contribution is 2.12. The zero-order chi connectivity index (χ0) is 13.4. The van der Waals surface area contributed by atoms with Gasteiger partial charge < -0.3 is 9.47 Å². The summed E-state index contributed by atoms with van der Waals surface area (Å²) >= 11 is 0. The Morgan fingerprint density at radius 1 is 1.17 bits per heavy atom. The zero-order valence-corrected chi connectivity index (χ0v) is 11.4. The molecular formula is C15H22O3. The fourth-order valence-electron chi connectivity index (χ4n) is 1.68. The van der Waals surface area contributed by atoms with E-state index in [-0.39, 0.29) is 12.1 Å². The summed E-state index contributed by atoms with van der Waals surface area (Å²) in [6, 6.07) is 9.05. The van der Waals surface area contributed by atoms with Crippen LogP contribution < -0.4 is 0 Å². The lowest BCUT2D eigenvalue weighted by Gasteiger charge is -2.18. The molecule has 0 aliphatic carbocycles. The number of carbonyl (C=O) groups is 1. The van der Waals surface area contributed by atoms with Gasteiger partial charge in [-0.05, 0) is 30.9 Å². The second kappa shape index (κ2) is 7.88. The molecule has 0 amide bonds. The maximum absolute atomic E-state index is 11.9. The van der Waals surface area contributed by atoms with Crippen molar-refractivity contribution in [2.45, 2.75) is 32.8 Å². The Labute approximate surface area is 109 Å². The highest BCUT2D eigenvalue weighted by atomic mass is 16.6. The first-order valence-corrected chi connectivity index (χ1v) is 6.38. The van der Waals surface area contributed by atoms with Crippen molar-refractivity contribution in [3.05, 3.63) is 35.9 Å². The van der Waals surface area contributed by atoms with Crippen LogP contribution in [0.4, 0.5) is 0 Å². The smallest absolute Gasteiger partial charge is 0.338 e. The van der Waals surface area contributed by atoms with Gasteiger partial charge in [0.1, 0.15) is 6.10 Å². The van der Waals surface area contributed by atoms with Crippen LogP contribution in [-0.2, 0) is 9.47 Å². The number of ether oxygens (including phenoxy) is 2. The minimum atomic E-state index is -0.276. The van der Waals surface area contributed by atoms with Crippen molar-refractivity contribution < 1.29 is 14.3 Å². The van der Waals surface area contributed by atoms with Crippen LogP contribution in [0.15, 0.2) is 30.3 Å². The molecule has 0 fully saturated rings. The average molecular weight is 250 g/mol. The Bertz CT molecular complexity index is 346. The van der Waals surface area contributed by atoms with Gasteiger partial charge in [0.25, 0.3) is 0 Å². The molecule has 3 heteroatoms. The minimum Gasteiger partial charge on any atom is -0.456 e. The Morgan fingerprint density at radius 2 is 1.83 bits per heavy atom. The van der Waals surface area contributed by atoms with E-state index in [1.807, 2.05) is 18.2 Å². The molecule has 0 saturated carbocycles. The molecule has 100 valence electrons. The van der Waals surface area contributed by atoms with Crippen LogP contribution in [-0.4, -0.2) is 25.8 Å². The molecule has 3 nitrogen and oxygen atoms in total. The molecule has 1 unspecified atom stereocenters. The molecule has 18 heavy (non-hydrogen) atoms. The minimum absolute atomic E-state index is 0.162. The summed E-state index contributed by atoms with van der Waals surface area (Å²) in [7, 11) is 1.62. The first-order chi connectivity index (χ1) is 8.63. The molecule has 0 aliphatic heterocycles. The summed E-state index contributed by atoms with van der Waals surface area (Å²) in [4.78, 5) is 11.9. The Hall–Kier alpha value is -1.35. The quantitative estimate of drug-likeness (QED) is 0.696. The maximum Gasteiger partial charge on any atom is 0.338 e. The molecular weight excluding hydrogens is 228 g/mol. The second-order valence-corrected chi connectivity index (χ2v) is 4.82. The van der Waals surface area contributed by atoms with Gasteiger partial charge >= 0.3 is 5.97 Å². The molecule has 0 N–H and O–H groups in total. The highest BCUT2D eigenvalue weighted by molar-refractivity contribution is 5.89. The van der Waals surface area contributed by atoms with E-state index in [0.717, 1.165) is 12.8 Å². The van der Waals surface area contributed by atoms with Crippen molar-refractivity contribution in [1.82, 2.24) is 0 Å². The molecule has 0 radical (unpaired) electrons. The van der Waals surface area contributed by atoms with E-state index in [4.69, 9.17) is 9.47 Å². The molecule has 1 atom stereocenters. The summed E-state index contributed by atoms with van der Waals surface area (Å²) in [5, 5.41) is 0. The van der Waals surface area contributed by atoms with E-state index in [9.17, 15) is 4.79 Å². The Kier molecular flexibility index (Phi) is 6.44. The first-order valence-electron chi connectivity index (χ1n) is 6.38. The van der Waals surface area contributed by atoms with Crippen LogP contribution >= 0.6 is 0 Å². The molecule has 0 aromatic heterocycles. The third-order valence-corrected chi connectivity index (χ3v) is 2.70. The molecule has 0 bridgehead atoms. The van der Waals surface area contributed by atoms with Crippen molar-refractivity contribution in [1.29, 1.82) is 0 Å². The molecule has 0 spiro atoms. The van der Waals surface area contributed by atoms with Crippen LogP contribution in [0.3, 0.4) is 0 Å². The summed E-state index contributed by atoms with van der Waals surface area (Å²) in [6.07, 6.45) is 1.70. The van der Waals surface area contributed by atoms with Gasteiger partial charge in [-0.1, -0.05) is 32.0 Å². The van der Waals surface area contributed by atoms with E-state index in [1.54, 1.807) is 19.2 Å². The molecule has 1 aromatic carbocycles. The van der Waals surface area contributed by atoms with Gasteiger partial charge in [0, 0.05) is 7.11 Å². The van der Waals surface area contributed by atoms with Crippen molar-refractivity contribution >= 4 is 5.97 Å². The molecule has 0 heterocycles. The van der Waals surface area contributed by atoms with Crippen molar-refractivity contribution in [2.75, 3.05) is 13.7 Å². The number of benzene rings is 1. The fourth-order valence-corrected chi connectivity index (χ4v) is 1.68. The lowest BCUT2D eigenvalue weighted by Crippen LogP contribution is -2.23. The summed E-state index contributed by atoms with van der Waals surface area (Å²) < 4.78 is 10.6. The molecule has 0 aliphatic rings. The van der Waals surface area contributed by atoms with Gasteiger partial charge in [-0.2, -0.15) is 0 Å². The standard InChI is InChI=1S/C15H22O3/c1-12(2)9-10-14(11-17-3)18-15(16)13-7-5-4-6-8-13/h4-8,12,14H,9-11H2,1-3H3. The largest absolute Gasteiger partial charge is 0.456 e. The molecule has 0 saturated heterocycles. The second-order valence-electron chi connectivity index (χ2n) is 4.82. The van der Waals surface area contributed by atoms with Crippen LogP contribution in [0.5, 0.6) is 0 Å². The average Bonchev–Trinajstić information content (AvgIpc) is 2.37. The van der Waals surface area contributed by atoms with Crippen molar-refractivity contribution in [2.24, 2.45) is 5.92 Å². The van der Waals surface area contributed by atoms with E-state index < -0.39 is 0 Å². The van der Waals surface area contributed by atoms with Gasteiger partial charge in [-0.15, -0.1) is 0 Å². The number of hydrogen-bond donors (Lipinski definition) is 0. The topological polar surface area (TPSA) is 35.5 Å². The maximum atomic E-state index is 11.9. The molecule has 1 rings (SSSR count). The summed E-state index contributed by atoms with van der Waals surface area (Å²) in [6.45, 7) is 4.76. The summed E-state index contributed by atoms with van der Waals surface area (Å²) in [5.74, 6) is 0.321. The highest BCUT2D eigenvalue weighted by Gasteiger charge is 2.16. The summed E-state index contributed by atoms with van der Waals surface area (Å²) in [5.41, 5.74) is 0.586. The van der Waals surface area contributed by atoms with Crippen molar-refractivity contribution in [3.8, 4) is 0 Å². The third kappa shape index (κ3) is 5.32. The van der Waals surface area contributed by atoms with Crippen LogP contribution in [0.2, 0.25) is 0 Å². The van der Waals surface area contributed by atoms with Crippen molar-refractivity contribution in [3.63, 3.8) is 0 Å². The number of esters is 1. The van der Waals surface area contributed by atoms with Crippen LogP contribution in [0.25, 0.3) is 0 Å². The zero-order valence-electron chi connectivity index (χ0n) is 11.4. The Morgan fingerprint density at radius 3 is 2.39 bits per heavy atom. The number of carbonyl (C=O) groups excluding carboxylic acids is 1. The first kappa shape index (κ1) is 14.7. The van der Waals surface area contributed by atoms with E-state index >= 15 is 0 Å². The lowest BCUT2D eigenvalue weighted by molar-refractivity contribution is 0.00156. The number of rotatable bonds is 7. The SMILES string of the molecule is COCC(CCC(C)C)OC(=O)c1ccccc1. The van der Waals surface area contributed by atoms with Gasteiger partial charge in [-0.3, -0.25) is 0 Å². The van der Waals surface area contributed by atoms with Crippen LogP contribution in [0, 0.1) is 5.92 Å².